The van der Waals surface area contributed by atoms with Gasteiger partial charge in [-0.2, -0.15) is 0 Å². The van der Waals surface area contributed by atoms with E-state index in [1.807, 2.05) is 42.5 Å². The van der Waals surface area contributed by atoms with Gasteiger partial charge in [-0.25, -0.2) is 4.79 Å². The predicted molar refractivity (Wildman–Crippen MR) is 122 cm³/mol. The van der Waals surface area contributed by atoms with Gasteiger partial charge in [-0.3, -0.25) is 14.5 Å². The van der Waals surface area contributed by atoms with E-state index < -0.39 is 23.4 Å². The molecule has 0 bridgehead atoms. The smallest absolute Gasteiger partial charge is 0.325 e. The van der Waals surface area contributed by atoms with Crippen molar-refractivity contribution in [3.05, 3.63) is 59.2 Å². The first-order chi connectivity index (χ1) is 15.8. The number of amides is 4. The van der Waals surface area contributed by atoms with E-state index >= 15 is 0 Å². The summed E-state index contributed by atoms with van der Waals surface area (Å²) in [7, 11) is 0. The van der Waals surface area contributed by atoms with Gasteiger partial charge in [-0.1, -0.05) is 44.2 Å². The second-order valence-corrected chi connectivity index (χ2v) is 8.80. The molecule has 8 nitrogen and oxygen atoms in total. The molecule has 174 valence electrons. The molecule has 4 amide bonds. The minimum absolute atomic E-state index is 0.328. The highest BCUT2D eigenvalue weighted by Crippen LogP contribution is 2.31. The monoisotopic (exact) mass is 451 g/mol. The first kappa shape index (κ1) is 22.6. The average molecular weight is 452 g/mol. The van der Waals surface area contributed by atoms with Crippen molar-refractivity contribution in [1.29, 1.82) is 0 Å². The van der Waals surface area contributed by atoms with Crippen LogP contribution in [0.25, 0.3) is 0 Å². The van der Waals surface area contributed by atoms with Crippen LogP contribution in [0.1, 0.15) is 43.4 Å². The largest absolute Gasteiger partial charge is 0.486 e. The Bertz CT molecular complexity index is 1070. The molecule has 2 heterocycles. The second kappa shape index (κ2) is 9.13. The van der Waals surface area contributed by atoms with Crippen LogP contribution in [0.5, 0.6) is 11.5 Å². The number of imide groups is 1. The Morgan fingerprint density at radius 2 is 1.79 bits per heavy atom. The van der Waals surface area contributed by atoms with Gasteiger partial charge < -0.3 is 20.1 Å². The molecule has 1 fully saturated rings. The zero-order chi connectivity index (χ0) is 23.6. The minimum atomic E-state index is -1.20. The normalized spacial score (nSPS) is 19.6. The summed E-state index contributed by atoms with van der Waals surface area (Å²) >= 11 is 0. The average Bonchev–Trinajstić information content (AvgIpc) is 3.03. The number of carbonyl (C=O) groups excluding carboxylic acids is 3. The van der Waals surface area contributed by atoms with Gasteiger partial charge in [0.05, 0.1) is 0 Å². The second-order valence-electron chi connectivity index (χ2n) is 8.80. The predicted octanol–water partition coefficient (Wildman–Crippen LogP) is 2.71. The number of nitrogens with zero attached hydrogens (tertiary/aromatic N) is 1. The summed E-state index contributed by atoms with van der Waals surface area (Å²) < 4.78 is 11.1. The Hall–Kier alpha value is -3.55. The van der Waals surface area contributed by atoms with Gasteiger partial charge in [-0.05, 0) is 48.1 Å². The third-order valence-electron chi connectivity index (χ3n) is 6.07. The molecular formula is C25H29N3O5. The first-order valence-electron chi connectivity index (χ1n) is 11.2. The van der Waals surface area contributed by atoms with Gasteiger partial charge in [0.25, 0.3) is 5.91 Å². The molecule has 33 heavy (non-hydrogen) atoms. The van der Waals surface area contributed by atoms with Crippen LogP contribution in [0.15, 0.2) is 42.5 Å². The minimum Gasteiger partial charge on any atom is -0.486 e. The molecule has 2 N–H and O–H groups in total. The molecule has 8 heteroatoms. The summed E-state index contributed by atoms with van der Waals surface area (Å²) in [6.45, 7) is 6.94. The topological polar surface area (TPSA) is 97.0 Å². The lowest BCUT2D eigenvalue weighted by atomic mass is 9.90. The lowest BCUT2D eigenvalue weighted by Crippen LogP contribution is -2.43. The van der Waals surface area contributed by atoms with Gasteiger partial charge in [-0.15, -0.1) is 0 Å². The van der Waals surface area contributed by atoms with E-state index in [-0.39, 0.29) is 6.54 Å². The fourth-order valence-electron chi connectivity index (χ4n) is 4.03. The molecule has 2 aliphatic heterocycles. The Morgan fingerprint density at radius 1 is 1.09 bits per heavy atom. The number of hydrogen-bond acceptors (Lipinski definition) is 5. The lowest BCUT2D eigenvalue weighted by Gasteiger charge is -2.22. The van der Waals surface area contributed by atoms with E-state index in [0.717, 1.165) is 21.8 Å². The fourth-order valence-corrected chi connectivity index (χ4v) is 4.03. The van der Waals surface area contributed by atoms with E-state index in [1.54, 1.807) is 6.92 Å². The van der Waals surface area contributed by atoms with Gasteiger partial charge in [0, 0.05) is 6.54 Å². The molecule has 0 aliphatic carbocycles. The maximum atomic E-state index is 13.1. The van der Waals surface area contributed by atoms with Gasteiger partial charge in [0.1, 0.15) is 25.3 Å². The molecule has 1 atom stereocenters. The zero-order valence-corrected chi connectivity index (χ0v) is 19.1. The number of benzene rings is 2. The molecule has 2 aromatic carbocycles. The quantitative estimate of drug-likeness (QED) is 0.631. The highest BCUT2D eigenvalue weighted by atomic mass is 16.6. The summed E-state index contributed by atoms with van der Waals surface area (Å²) in [6, 6.07) is 12.7. The van der Waals surface area contributed by atoms with E-state index in [0.29, 0.717) is 43.4 Å². The van der Waals surface area contributed by atoms with Crippen LogP contribution in [0, 0.1) is 0 Å². The summed E-state index contributed by atoms with van der Waals surface area (Å²) in [4.78, 5) is 39.0. The first-order valence-corrected chi connectivity index (χ1v) is 11.2. The number of hydrogen-bond donors (Lipinski definition) is 2. The Morgan fingerprint density at radius 3 is 2.48 bits per heavy atom. The van der Waals surface area contributed by atoms with Gasteiger partial charge >= 0.3 is 6.03 Å². The standard InChI is InChI=1S/C25H29N3O5/c1-16(2)18-5-7-19(8-6-18)25(3)23(30)28(24(31)27-25)15-22(29)26-11-10-17-4-9-20-21(14-17)33-13-12-32-20/h4-9,14,16H,10-13,15H2,1-3H3,(H,26,29)(H,27,31). The fraction of sp³-hybridized carbons (Fsp3) is 0.400. The highest BCUT2D eigenvalue weighted by Gasteiger charge is 2.49. The van der Waals surface area contributed by atoms with Gasteiger partial charge in [0.15, 0.2) is 11.5 Å². The Kier molecular flexibility index (Phi) is 6.26. The molecule has 0 saturated carbocycles. The molecule has 4 rings (SSSR count). The molecule has 0 spiro atoms. The zero-order valence-electron chi connectivity index (χ0n) is 19.1. The van der Waals surface area contributed by atoms with E-state index in [2.05, 4.69) is 24.5 Å². The maximum Gasteiger partial charge on any atom is 0.325 e. The van der Waals surface area contributed by atoms with Crippen molar-refractivity contribution in [3.8, 4) is 11.5 Å². The van der Waals surface area contributed by atoms with E-state index in [9.17, 15) is 14.4 Å². The molecule has 2 aromatic rings. The van der Waals surface area contributed by atoms with Crippen molar-refractivity contribution >= 4 is 17.8 Å². The summed E-state index contributed by atoms with van der Waals surface area (Å²) in [6.07, 6.45) is 0.586. The van der Waals surface area contributed by atoms with Crippen LogP contribution in [0.3, 0.4) is 0 Å². The number of nitrogens with one attached hydrogen (secondary N) is 2. The molecule has 2 aliphatic rings. The van der Waals surface area contributed by atoms with E-state index in [4.69, 9.17) is 9.47 Å². The van der Waals surface area contributed by atoms with Crippen LogP contribution in [-0.2, 0) is 21.5 Å². The van der Waals surface area contributed by atoms with Gasteiger partial charge in [0.2, 0.25) is 5.91 Å². The number of rotatable bonds is 7. The lowest BCUT2D eigenvalue weighted by molar-refractivity contribution is -0.134. The van der Waals surface area contributed by atoms with Crippen LogP contribution < -0.4 is 20.1 Å². The molecule has 0 aromatic heterocycles. The number of carbonyl (C=O) groups is 3. The summed E-state index contributed by atoms with van der Waals surface area (Å²) in [5, 5.41) is 5.52. The molecular weight excluding hydrogens is 422 g/mol. The van der Waals surface area contributed by atoms with E-state index in [1.165, 1.54) is 0 Å². The van der Waals surface area contributed by atoms with Crippen molar-refractivity contribution < 1.29 is 23.9 Å². The molecule has 0 radical (unpaired) electrons. The molecule has 1 saturated heterocycles. The van der Waals surface area contributed by atoms with Crippen molar-refractivity contribution in [2.75, 3.05) is 26.3 Å². The third kappa shape index (κ3) is 4.65. The number of fused-ring (bicyclic) bond motifs is 1. The van der Waals surface area contributed by atoms with Crippen LogP contribution in [0.4, 0.5) is 4.79 Å². The number of urea groups is 1. The Balaban J connectivity index is 1.33. The maximum absolute atomic E-state index is 13.1. The highest BCUT2D eigenvalue weighted by molar-refractivity contribution is 6.09. The van der Waals surface area contributed by atoms with Crippen LogP contribution in [0.2, 0.25) is 0 Å². The van der Waals surface area contributed by atoms with Crippen LogP contribution >= 0.6 is 0 Å². The third-order valence-corrected chi connectivity index (χ3v) is 6.07. The van der Waals surface area contributed by atoms with Crippen molar-refractivity contribution in [1.82, 2.24) is 15.5 Å². The molecule has 1 unspecified atom stereocenters. The van der Waals surface area contributed by atoms with Crippen molar-refractivity contribution in [2.45, 2.75) is 38.6 Å². The summed E-state index contributed by atoms with van der Waals surface area (Å²) in [5.74, 6) is 0.949. The Labute approximate surface area is 193 Å². The summed E-state index contributed by atoms with van der Waals surface area (Å²) in [5.41, 5.74) is 1.63. The van der Waals surface area contributed by atoms with Crippen LogP contribution in [-0.4, -0.2) is 49.0 Å². The van der Waals surface area contributed by atoms with Crippen molar-refractivity contribution in [2.24, 2.45) is 0 Å². The number of ether oxygens (including phenoxy) is 2. The van der Waals surface area contributed by atoms with Crippen molar-refractivity contribution in [3.63, 3.8) is 0 Å². The SMILES string of the molecule is CC(C)c1ccc(C2(C)NC(=O)N(CC(=O)NCCc3ccc4c(c3)OCCO4)C2=O)cc1.